The van der Waals surface area contributed by atoms with Gasteiger partial charge in [0.2, 0.25) is 0 Å². The molecule has 1 atom stereocenters. The van der Waals surface area contributed by atoms with Crippen molar-refractivity contribution in [1.29, 1.82) is 0 Å². The van der Waals surface area contributed by atoms with E-state index in [1.165, 1.54) is 5.56 Å². The first-order valence-electron chi connectivity index (χ1n) is 5.27. The molecule has 1 fully saturated rings. The molecule has 0 aromatic heterocycles. The van der Waals surface area contributed by atoms with E-state index in [2.05, 4.69) is 11.9 Å². The molecule has 0 bridgehead atoms. The average molecular weight is 221 g/mol. The minimum absolute atomic E-state index is 0.434. The maximum Gasteiger partial charge on any atom is 0.337 e. The Balaban J connectivity index is 2.07. The van der Waals surface area contributed by atoms with Crippen molar-refractivity contribution < 1.29 is 15.0 Å². The first-order valence-corrected chi connectivity index (χ1v) is 5.27. The van der Waals surface area contributed by atoms with E-state index >= 15 is 0 Å². The molecular weight excluding hydrogens is 206 g/mol. The molecule has 16 heavy (non-hydrogen) atoms. The molecule has 4 heteroatoms. The Hall–Kier alpha value is -1.39. The number of rotatable bonds is 3. The fraction of sp³-hybridized carbons (Fsp3) is 0.417. The Labute approximate surface area is 94.1 Å². The third-order valence-electron chi connectivity index (χ3n) is 3.02. The van der Waals surface area contributed by atoms with Gasteiger partial charge in [0.25, 0.3) is 0 Å². The van der Waals surface area contributed by atoms with E-state index in [-0.39, 0.29) is 0 Å². The monoisotopic (exact) mass is 221 g/mol. The molecule has 1 aromatic carbocycles. The number of hydrogen-bond donors (Lipinski definition) is 2. The van der Waals surface area contributed by atoms with Crippen molar-refractivity contribution >= 4 is 5.97 Å². The molecule has 1 saturated heterocycles. The van der Waals surface area contributed by atoms with E-state index in [1.807, 2.05) is 12.1 Å². The number of hydrogen-bond acceptors (Lipinski definition) is 3. The standard InChI is InChI=1S/C12H15NO3/c1-13-6-10(7-13)8-2-4-9(5-3-8)11(14)12(15)16/h2-5,10-11,14H,6-7H2,1H3,(H,15,16). The van der Waals surface area contributed by atoms with Crippen LogP contribution < -0.4 is 0 Å². The van der Waals surface area contributed by atoms with Crippen LogP contribution in [0.1, 0.15) is 23.1 Å². The summed E-state index contributed by atoms with van der Waals surface area (Å²) >= 11 is 0. The van der Waals surface area contributed by atoms with Gasteiger partial charge in [-0.2, -0.15) is 0 Å². The molecular formula is C12H15NO3. The van der Waals surface area contributed by atoms with Crippen molar-refractivity contribution in [3.63, 3.8) is 0 Å². The molecule has 1 aliphatic rings. The number of carboxylic acids is 1. The maximum absolute atomic E-state index is 10.6. The zero-order valence-corrected chi connectivity index (χ0v) is 9.13. The number of aliphatic hydroxyl groups excluding tert-OH is 1. The second-order valence-electron chi connectivity index (χ2n) is 4.33. The second kappa shape index (κ2) is 4.23. The number of carbonyl (C=O) groups is 1. The topological polar surface area (TPSA) is 60.8 Å². The molecule has 1 aliphatic heterocycles. The van der Waals surface area contributed by atoms with Gasteiger partial charge in [0.1, 0.15) is 0 Å². The summed E-state index contributed by atoms with van der Waals surface area (Å²) in [7, 11) is 2.07. The lowest BCUT2D eigenvalue weighted by Crippen LogP contribution is -2.41. The minimum Gasteiger partial charge on any atom is -0.479 e. The van der Waals surface area contributed by atoms with E-state index in [1.54, 1.807) is 12.1 Å². The van der Waals surface area contributed by atoms with Gasteiger partial charge < -0.3 is 15.1 Å². The summed E-state index contributed by atoms with van der Waals surface area (Å²) in [4.78, 5) is 12.8. The lowest BCUT2D eigenvalue weighted by Gasteiger charge is -2.36. The van der Waals surface area contributed by atoms with Crippen LogP contribution in [0.2, 0.25) is 0 Å². The van der Waals surface area contributed by atoms with Gasteiger partial charge in [-0.05, 0) is 18.2 Å². The summed E-state index contributed by atoms with van der Waals surface area (Å²) < 4.78 is 0. The zero-order valence-electron chi connectivity index (χ0n) is 9.13. The number of carboxylic acid groups (broad SMARTS) is 1. The molecule has 0 radical (unpaired) electrons. The van der Waals surface area contributed by atoms with Crippen LogP contribution in [-0.2, 0) is 4.79 Å². The van der Waals surface area contributed by atoms with Gasteiger partial charge in [-0.3, -0.25) is 0 Å². The van der Waals surface area contributed by atoms with Gasteiger partial charge in [-0.25, -0.2) is 4.79 Å². The average Bonchev–Trinajstić information content (AvgIpc) is 2.24. The molecule has 1 unspecified atom stereocenters. The molecule has 1 aromatic rings. The van der Waals surface area contributed by atoms with Gasteiger partial charge >= 0.3 is 5.97 Å². The normalized spacial score (nSPS) is 19.1. The Bertz CT molecular complexity index is 382. The summed E-state index contributed by atoms with van der Waals surface area (Å²) in [6.45, 7) is 2.08. The van der Waals surface area contributed by atoms with Crippen molar-refractivity contribution in [3.05, 3.63) is 35.4 Å². The Morgan fingerprint density at radius 1 is 1.38 bits per heavy atom. The highest BCUT2D eigenvalue weighted by molar-refractivity contribution is 5.73. The predicted molar refractivity (Wildman–Crippen MR) is 59.3 cm³/mol. The number of aliphatic carboxylic acids is 1. The highest BCUT2D eigenvalue weighted by Gasteiger charge is 2.25. The number of likely N-dealkylation sites (N-methyl/N-ethyl adjacent to an activating group) is 1. The summed E-state index contributed by atoms with van der Waals surface area (Å²) in [5.74, 6) is -0.669. The van der Waals surface area contributed by atoms with E-state index in [0.717, 1.165) is 13.1 Å². The number of aliphatic hydroxyl groups is 1. The third-order valence-corrected chi connectivity index (χ3v) is 3.02. The molecule has 4 nitrogen and oxygen atoms in total. The summed E-state index contributed by atoms with van der Waals surface area (Å²) in [6.07, 6.45) is -1.42. The van der Waals surface area contributed by atoms with Crippen molar-refractivity contribution in [3.8, 4) is 0 Å². The lowest BCUT2D eigenvalue weighted by atomic mass is 9.91. The highest BCUT2D eigenvalue weighted by atomic mass is 16.4. The van der Waals surface area contributed by atoms with Gasteiger partial charge in [0.05, 0.1) is 0 Å². The molecule has 2 rings (SSSR count). The highest BCUT2D eigenvalue weighted by Crippen LogP contribution is 2.26. The molecule has 2 N–H and O–H groups in total. The number of nitrogens with zero attached hydrogens (tertiary/aromatic N) is 1. The van der Waals surface area contributed by atoms with Gasteiger partial charge in [0, 0.05) is 19.0 Å². The number of likely N-dealkylation sites (tertiary alicyclic amines) is 1. The molecule has 0 aliphatic carbocycles. The fourth-order valence-electron chi connectivity index (χ4n) is 2.00. The minimum atomic E-state index is -1.42. The summed E-state index contributed by atoms with van der Waals surface area (Å²) in [5, 5.41) is 18.0. The van der Waals surface area contributed by atoms with Crippen LogP contribution in [0.25, 0.3) is 0 Å². The predicted octanol–water partition coefficient (Wildman–Crippen LogP) is 0.834. The zero-order chi connectivity index (χ0) is 11.7. The second-order valence-corrected chi connectivity index (χ2v) is 4.33. The van der Waals surface area contributed by atoms with Crippen LogP contribution in [0.3, 0.4) is 0 Å². The van der Waals surface area contributed by atoms with Gasteiger partial charge in [-0.15, -0.1) is 0 Å². The first kappa shape index (κ1) is 11.1. The van der Waals surface area contributed by atoms with Crippen LogP contribution in [-0.4, -0.2) is 41.2 Å². The molecule has 86 valence electrons. The van der Waals surface area contributed by atoms with Gasteiger partial charge in [-0.1, -0.05) is 24.3 Å². The van der Waals surface area contributed by atoms with E-state index in [4.69, 9.17) is 5.11 Å². The molecule has 0 amide bonds. The largest absolute Gasteiger partial charge is 0.479 e. The Morgan fingerprint density at radius 2 is 1.94 bits per heavy atom. The summed E-state index contributed by atoms with van der Waals surface area (Å²) in [5.41, 5.74) is 1.64. The van der Waals surface area contributed by atoms with Crippen molar-refractivity contribution in [2.45, 2.75) is 12.0 Å². The van der Waals surface area contributed by atoms with Crippen molar-refractivity contribution in [2.75, 3.05) is 20.1 Å². The van der Waals surface area contributed by atoms with E-state index in [9.17, 15) is 9.90 Å². The SMILES string of the molecule is CN1CC(c2ccc(C(O)C(=O)O)cc2)C1. The van der Waals surface area contributed by atoms with Crippen LogP contribution in [0.15, 0.2) is 24.3 Å². The summed E-state index contributed by atoms with van der Waals surface area (Å²) in [6, 6.07) is 7.18. The first-order chi connectivity index (χ1) is 7.58. The maximum atomic E-state index is 10.6. The molecule has 0 saturated carbocycles. The molecule has 1 heterocycles. The van der Waals surface area contributed by atoms with Crippen LogP contribution >= 0.6 is 0 Å². The molecule has 0 spiro atoms. The lowest BCUT2D eigenvalue weighted by molar-refractivity contribution is -0.146. The Morgan fingerprint density at radius 3 is 2.38 bits per heavy atom. The van der Waals surface area contributed by atoms with Gasteiger partial charge in [0.15, 0.2) is 6.10 Å². The van der Waals surface area contributed by atoms with Crippen LogP contribution in [0.5, 0.6) is 0 Å². The van der Waals surface area contributed by atoms with Crippen LogP contribution in [0.4, 0.5) is 0 Å². The Kier molecular flexibility index (Phi) is 2.94. The third kappa shape index (κ3) is 2.08. The smallest absolute Gasteiger partial charge is 0.337 e. The fourth-order valence-corrected chi connectivity index (χ4v) is 2.00. The van der Waals surface area contributed by atoms with Crippen molar-refractivity contribution in [2.24, 2.45) is 0 Å². The number of benzene rings is 1. The van der Waals surface area contributed by atoms with E-state index < -0.39 is 12.1 Å². The van der Waals surface area contributed by atoms with Crippen LogP contribution in [0, 0.1) is 0 Å². The quantitative estimate of drug-likeness (QED) is 0.793. The van der Waals surface area contributed by atoms with E-state index in [0.29, 0.717) is 11.5 Å². The van der Waals surface area contributed by atoms with Crippen molar-refractivity contribution in [1.82, 2.24) is 4.90 Å².